The number of carbonyl (C=O) groups excluding carboxylic acids is 1. The van der Waals surface area contributed by atoms with Crippen LogP contribution in [-0.2, 0) is 9.53 Å². The first-order chi connectivity index (χ1) is 11.7. The van der Waals surface area contributed by atoms with E-state index in [2.05, 4.69) is 55.5 Å². The molecule has 0 spiro atoms. The van der Waals surface area contributed by atoms with E-state index < -0.39 is 0 Å². The predicted octanol–water partition coefficient (Wildman–Crippen LogP) is 4.96. The highest BCUT2D eigenvalue weighted by atomic mass is 16.5. The number of fused-ring (bicyclic) bond motifs is 1. The molecule has 0 aliphatic heterocycles. The van der Waals surface area contributed by atoms with Crippen molar-refractivity contribution < 1.29 is 9.53 Å². The summed E-state index contributed by atoms with van der Waals surface area (Å²) in [6, 6.07) is 18.9. The number of ether oxygens (including phenoxy) is 1. The lowest BCUT2D eigenvalue weighted by Gasteiger charge is -2.30. The van der Waals surface area contributed by atoms with E-state index >= 15 is 0 Å². The van der Waals surface area contributed by atoms with E-state index in [0.717, 1.165) is 0 Å². The maximum Gasteiger partial charge on any atom is 0.330 e. The molecule has 2 aromatic carbocycles. The molecule has 0 N–H and O–H groups in total. The van der Waals surface area contributed by atoms with Crippen molar-refractivity contribution in [3.63, 3.8) is 0 Å². The van der Waals surface area contributed by atoms with Gasteiger partial charge in [0.15, 0.2) is 0 Å². The van der Waals surface area contributed by atoms with Gasteiger partial charge in [-0.1, -0.05) is 79.7 Å². The van der Waals surface area contributed by atoms with Crippen LogP contribution in [0, 0.1) is 0 Å². The van der Waals surface area contributed by atoms with Crippen molar-refractivity contribution in [2.75, 3.05) is 7.11 Å². The van der Waals surface area contributed by atoms with Crippen LogP contribution >= 0.6 is 0 Å². The maximum absolute atomic E-state index is 11.6. The second kappa shape index (κ2) is 7.31. The van der Waals surface area contributed by atoms with E-state index in [1.54, 1.807) is 0 Å². The van der Waals surface area contributed by atoms with Gasteiger partial charge in [0.25, 0.3) is 0 Å². The molecular weight excluding hydrogens is 296 g/mol. The number of esters is 1. The van der Waals surface area contributed by atoms with Gasteiger partial charge in [0.2, 0.25) is 0 Å². The fourth-order valence-electron chi connectivity index (χ4n) is 3.40. The van der Waals surface area contributed by atoms with E-state index in [9.17, 15) is 4.79 Å². The van der Waals surface area contributed by atoms with Crippen LogP contribution in [-0.4, -0.2) is 13.1 Å². The van der Waals surface area contributed by atoms with Crippen LogP contribution in [0.1, 0.15) is 41.4 Å². The number of allylic oxidation sites excluding steroid dienone is 3. The number of methoxy groups -OCH3 is 1. The number of rotatable bonds is 4. The number of hydrogen-bond donors (Lipinski definition) is 0. The predicted molar refractivity (Wildman–Crippen MR) is 97.1 cm³/mol. The number of benzene rings is 2. The van der Waals surface area contributed by atoms with Crippen LogP contribution in [0.5, 0.6) is 0 Å². The Kier molecular flexibility index (Phi) is 4.95. The molecule has 0 unspecified atom stereocenters. The minimum Gasteiger partial charge on any atom is -0.466 e. The molecule has 0 aromatic heterocycles. The van der Waals surface area contributed by atoms with Crippen molar-refractivity contribution in [3.8, 4) is 0 Å². The summed E-state index contributed by atoms with van der Waals surface area (Å²) in [5.74, 6) is 0.395. The van der Waals surface area contributed by atoms with Crippen molar-refractivity contribution in [1.82, 2.24) is 0 Å². The molecule has 2 nitrogen and oxygen atoms in total. The number of hydrogen-bond acceptors (Lipinski definition) is 2. The molecule has 1 aliphatic rings. The molecule has 0 amide bonds. The van der Waals surface area contributed by atoms with Gasteiger partial charge in [-0.2, -0.15) is 0 Å². The highest BCUT2D eigenvalue weighted by Crippen LogP contribution is 2.42. The summed E-state index contributed by atoms with van der Waals surface area (Å²) >= 11 is 0. The zero-order valence-corrected chi connectivity index (χ0v) is 14.1. The first-order valence-corrected chi connectivity index (χ1v) is 8.29. The largest absolute Gasteiger partial charge is 0.466 e. The Hall–Kier alpha value is -2.61. The molecule has 3 rings (SSSR count). The fourth-order valence-corrected chi connectivity index (χ4v) is 3.40. The first kappa shape index (κ1) is 16.3. The molecule has 0 fully saturated rings. The molecule has 0 bridgehead atoms. The highest BCUT2D eigenvalue weighted by Gasteiger charge is 2.26. The summed E-state index contributed by atoms with van der Waals surface area (Å²) < 4.78 is 4.77. The third kappa shape index (κ3) is 3.33. The summed E-state index contributed by atoms with van der Waals surface area (Å²) in [5, 5.41) is 0. The molecule has 1 aliphatic carbocycles. The van der Waals surface area contributed by atoms with Gasteiger partial charge >= 0.3 is 5.97 Å². The normalized spacial score (nSPS) is 20.6. The standard InChI is InChI=1S/C22H22O2/c1-16-12-13-21(20-11-7-6-10-18(16)20)19(14-15-22(23)24-2)17-8-4-3-5-9-17/h3-16,19,21H,1-2H3/b15-14+/t16-,19+,21+/m1/s1. The zero-order valence-electron chi connectivity index (χ0n) is 14.1. The lowest BCUT2D eigenvalue weighted by atomic mass is 9.74. The Labute approximate surface area is 143 Å². The third-order valence-electron chi connectivity index (χ3n) is 4.67. The smallest absolute Gasteiger partial charge is 0.330 e. The van der Waals surface area contributed by atoms with Gasteiger partial charge in [0.1, 0.15) is 0 Å². The SMILES string of the molecule is COC(=O)/C=C/[C@@H](c1ccccc1)[C@@H]1C=C[C@@H](C)c2ccccc21. The Balaban J connectivity index is 2.04. The van der Waals surface area contributed by atoms with Crippen LogP contribution in [0.25, 0.3) is 0 Å². The summed E-state index contributed by atoms with van der Waals surface area (Å²) in [4.78, 5) is 11.6. The first-order valence-electron chi connectivity index (χ1n) is 8.29. The fraction of sp³-hybridized carbons (Fsp3) is 0.227. The Morgan fingerprint density at radius 1 is 1.00 bits per heavy atom. The second-order valence-electron chi connectivity index (χ2n) is 6.15. The molecule has 24 heavy (non-hydrogen) atoms. The molecule has 122 valence electrons. The third-order valence-corrected chi connectivity index (χ3v) is 4.67. The van der Waals surface area contributed by atoms with Crippen molar-refractivity contribution in [2.24, 2.45) is 0 Å². The van der Waals surface area contributed by atoms with E-state index in [4.69, 9.17) is 4.74 Å². The molecule has 0 heterocycles. The quantitative estimate of drug-likeness (QED) is 0.452. The van der Waals surface area contributed by atoms with Crippen molar-refractivity contribution in [1.29, 1.82) is 0 Å². The van der Waals surface area contributed by atoms with E-state index in [1.807, 2.05) is 24.3 Å². The molecule has 0 saturated heterocycles. The average molecular weight is 318 g/mol. The molecular formula is C22H22O2. The maximum atomic E-state index is 11.6. The van der Waals surface area contributed by atoms with Gasteiger partial charge in [0, 0.05) is 17.9 Å². The van der Waals surface area contributed by atoms with Gasteiger partial charge in [0.05, 0.1) is 7.11 Å². The molecule has 2 aromatic rings. The Bertz CT molecular complexity index is 759. The van der Waals surface area contributed by atoms with Gasteiger partial charge in [-0.15, -0.1) is 0 Å². The van der Waals surface area contributed by atoms with Gasteiger partial charge in [-0.05, 0) is 22.6 Å². The van der Waals surface area contributed by atoms with Crippen LogP contribution in [0.15, 0.2) is 78.9 Å². The van der Waals surface area contributed by atoms with Crippen LogP contribution < -0.4 is 0 Å². The van der Waals surface area contributed by atoms with Gasteiger partial charge in [-0.3, -0.25) is 0 Å². The average Bonchev–Trinajstić information content (AvgIpc) is 2.64. The molecule has 0 radical (unpaired) electrons. The lowest BCUT2D eigenvalue weighted by Crippen LogP contribution is -2.14. The van der Waals surface area contributed by atoms with E-state index in [0.29, 0.717) is 5.92 Å². The van der Waals surface area contributed by atoms with Crippen molar-refractivity contribution >= 4 is 5.97 Å². The summed E-state index contributed by atoms with van der Waals surface area (Å²) in [6.45, 7) is 2.22. The zero-order chi connectivity index (χ0) is 16.9. The Morgan fingerprint density at radius 2 is 1.67 bits per heavy atom. The van der Waals surface area contributed by atoms with E-state index in [1.165, 1.54) is 29.9 Å². The van der Waals surface area contributed by atoms with Crippen molar-refractivity contribution in [2.45, 2.75) is 24.7 Å². The highest BCUT2D eigenvalue weighted by molar-refractivity contribution is 5.82. The second-order valence-corrected chi connectivity index (χ2v) is 6.15. The van der Waals surface area contributed by atoms with E-state index in [-0.39, 0.29) is 17.8 Å². The summed E-state index contributed by atoms with van der Waals surface area (Å²) in [6.07, 6.45) is 8.02. The summed E-state index contributed by atoms with van der Waals surface area (Å²) in [5.41, 5.74) is 3.88. The summed E-state index contributed by atoms with van der Waals surface area (Å²) in [7, 11) is 1.40. The molecule has 2 heteroatoms. The number of carbonyl (C=O) groups is 1. The molecule has 3 atom stereocenters. The Morgan fingerprint density at radius 3 is 2.38 bits per heavy atom. The van der Waals surface area contributed by atoms with Crippen LogP contribution in [0.2, 0.25) is 0 Å². The van der Waals surface area contributed by atoms with Crippen LogP contribution in [0.3, 0.4) is 0 Å². The van der Waals surface area contributed by atoms with Gasteiger partial charge < -0.3 is 4.74 Å². The lowest BCUT2D eigenvalue weighted by molar-refractivity contribution is -0.134. The van der Waals surface area contributed by atoms with Crippen LogP contribution in [0.4, 0.5) is 0 Å². The monoisotopic (exact) mass is 318 g/mol. The van der Waals surface area contributed by atoms with Crippen molar-refractivity contribution in [3.05, 3.63) is 95.6 Å². The topological polar surface area (TPSA) is 26.3 Å². The minimum absolute atomic E-state index is 0.0928. The van der Waals surface area contributed by atoms with Gasteiger partial charge in [-0.25, -0.2) is 4.79 Å². The molecule has 0 saturated carbocycles. The minimum atomic E-state index is -0.322.